The summed E-state index contributed by atoms with van der Waals surface area (Å²) < 4.78 is 5.31. The second-order valence-corrected chi connectivity index (χ2v) is 5.51. The molecular formula is C18H23ClN2O3. The summed E-state index contributed by atoms with van der Waals surface area (Å²) in [6.45, 7) is 2.83. The molecule has 1 aromatic carbocycles. The molecule has 0 radical (unpaired) electrons. The SMILES string of the molecule is C#CCOc1ccc(C[C@H](NC(=O)CCl)C(=O)NCCCC)cc1. The van der Waals surface area contributed by atoms with E-state index in [0.29, 0.717) is 18.7 Å². The largest absolute Gasteiger partial charge is 0.481 e. The van der Waals surface area contributed by atoms with Crippen molar-refractivity contribution >= 4 is 23.4 Å². The van der Waals surface area contributed by atoms with E-state index in [-0.39, 0.29) is 24.3 Å². The van der Waals surface area contributed by atoms with E-state index in [2.05, 4.69) is 16.6 Å². The highest BCUT2D eigenvalue weighted by molar-refractivity contribution is 6.27. The lowest BCUT2D eigenvalue weighted by atomic mass is 10.0. The fraction of sp³-hybridized carbons (Fsp3) is 0.444. The van der Waals surface area contributed by atoms with Crippen LogP contribution in [0.15, 0.2) is 24.3 Å². The molecule has 1 atom stereocenters. The molecule has 0 bridgehead atoms. The van der Waals surface area contributed by atoms with Crippen molar-refractivity contribution in [3.8, 4) is 18.1 Å². The molecule has 0 saturated carbocycles. The summed E-state index contributed by atoms with van der Waals surface area (Å²) in [7, 11) is 0. The summed E-state index contributed by atoms with van der Waals surface area (Å²) in [5.74, 6) is 2.28. The Morgan fingerprint density at radius 2 is 2.04 bits per heavy atom. The molecule has 6 heteroatoms. The monoisotopic (exact) mass is 350 g/mol. The van der Waals surface area contributed by atoms with Crippen LogP contribution in [0.1, 0.15) is 25.3 Å². The van der Waals surface area contributed by atoms with Crippen molar-refractivity contribution in [2.45, 2.75) is 32.2 Å². The number of halogens is 1. The zero-order chi connectivity index (χ0) is 17.8. The molecule has 130 valence electrons. The van der Waals surface area contributed by atoms with E-state index in [1.165, 1.54) is 0 Å². The number of benzene rings is 1. The van der Waals surface area contributed by atoms with E-state index < -0.39 is 6.04 Å². The molecule has 0 aliphatic carbocycles. The average Bonchev–Trinajstić information content (AvgIpc) is 2.60. The van der Waals surface area contributed by atoms with Crippen LogP contribution in [0.3, 0.4) is 0 Å². The molecule has 0 aliphatic rings. The van der Waals surface area contributed by atoms with E-state index in [1.807, 2.05) is 19.1 Å². The van der Waals surface area contributed by atoms with Crippen LogP contribution in [0.2, 0.25) is 0 Å². The predicted octanol–water partition coefficient (Wildman–Crippen LogP) is 1.88. The van der Waals surface area contributed by atoms with E-state index in [0.717, 1.165) is 18.4 Å². The highest BCUT2D eigenvalue weighted by Gasteiger charge is 2.20. The van der Waals surface area contributed by atoms with Crippen LogP contribution in [0, 0.1) is 12.3 Å². The van der Waals surface area contributed by atoms with Crippen LogP contribution in [0.4, 0.5) is 0 Å². The van der Waals surface area contributed by atoms with E-state index in [1.54, 1.807) is 12.1 Å². The van der Waals surface area contributed by atoms with Gasteiger partial charge in [-0.2, -0.15) is 0 Å². The average molecular weight is 351 g/mol. The number of hydrogen-bond acceptors (Lipinski definition) is 3. The molecule has 0 unspecified atom stereocenters. The summed E-state index contributed by atoms with van der Waals surface area (Å²) in [4.78, 5) is 23.8. The third kappa shape index (κ3) is 7.38. The van der Waals surface area contributed by atoms with Crippen LogP contribution < -0.4 is 15.4 Å². The van der Waals surface area contributed by atoms with Gasteiger partial charge >= 0.3 is 0 Å². The van der Waals surface area contributed by atoms with Crippen molar-refractivity contribution in [2.75, 3.05) is 19.0 Å². The van der Waals surface area contributed by atoms with E-state index in [4.69, 9.17) is 22.8 Å². The summed E-state index contributed by atoms with van der Waals surface area (Å²) >= 11 is 5.52. The molecular weight excluding hydrogens is 328 g/mol. The van der Waals surface area contributed by atoms with Gasteiger partial charge in [0, 0.05) is 13.0 Å². The molecule has 1 aromatic rings. The van der Waals surface area contributed by atoms with Crippen molar-refractivity contribution in [1.82, 2.24) is 10.6 Å². The fourth-order valence-corrected chi connectivity index (χ4v) is 2.11. The Morgan fingerprint density at radius 3 is 2.62 bits per heavy atom. The number of nitrogens with one attached hydrogen (secondary N) is 2. The first-order chi connectivity index (χ1) is 11.6. The van der Waals surface area contributed by atoms with Crippen molar-refractivity contribution in [3.63, 3.8) is 0 Å². The standard InChI is InChI=1S/C18H23ClN2O3/c1-3-5-10-20-18(23)16(21-17(22)13-19)12-14-6-8-15(9-7-14)24-11-4-2/h2,6-9,16H,3,5,10-13H2,1H3,(H,20,23)(H,21,22)/t16-/m0/s1. The Balaban J connectivity index is 2.70. The molecule has 0 saturated heterocycles. The number of hydrogen-bond donors (Lipinski definition) is 2. The maximum atomic E-state index is 12.3. The highest BCUT2D eigenvalue weighted by atomic mass is 35.5. The lowest BCUT2D eigenvalue weighted by Gasteiger charge is -2.18. The molecule has 0 spiro atoms. The molecule has 0 aromatic heterocycles. The topological polar surface area (TPSA) is 67.4 Å². The second-order valence-electron chi connectivity index (χ2n) is 5.24. The zero-order valence-corrected chi connectivity index (χ0v) is 14.6. The van der Waals surface area contributed by atoms with Crippen molar-refractivity contribution in [2.24, 2.45) is 0 Å². The van der Waals surface area contributed by atoms with Crippen LogP contribution in [0.25, 0.3) is 0 Å². The van der Waals surface area contributed by atoms with E-state index >= 15 is 0 Å². The number of alkyl halides is 1. The number of unbranched alkanes of at least 4 members (excludes halogenated alkanes) is 1. The Bertz CT molecular complexity index is 567. The molecule has 5 nitrogen and oxygen atoms in total. The summed E-state index contributed by atoms with van der Waals surface area (Å²) in [5, 5.41) is 5.48. The molecule has 1 rings (SSSR count). The molecule has 0 fully saturated rings. The molecule has 2 N–H and O–H groups in total. The van der Waals surface area contributed by atoms with Gasteiger partial charge in [0.05, 0.1) is 0 Å². The fourth-order valence-electron chi connectivity index (χ4n) is 2.04. The van der Waals surface area contributed by atoms with Crippen LogP contribution in [-0.4, -0.2) is 36.9 Å². The number of amides is 2. The normalized spacial score (nSPS) is 11.2. The maximum Gasteiger partial charge on any atom is 0.242 e. The Hall–Kier alpha value is -2.19. The lowest BCUT2D eigenvalue weighted by Crippen LogP contribution is -2.48. The van der Waals surface area contributed by atoms with Gasteiger partial charge in [-0.3, -0.25) is 9.59 Å². The van der Waals surface area contributed by atoms with Crippen molar-refractivity contribution < 1.29 is 14.3 Å². The minimum atomic E-state index is -0.661. The van der Waals surface area contributed by atoms with Gasteiger partial charge in [0.2, 0.25) is 11.8 Å². The highest BCUT2D eigenvalue weighted by Crippen LogP contribution is 2.13. The molecule has 0 heterocycles. The quantitative estimate of drug-likeness (QED) is 0.384. The van der Waals surface area contributed by atoms with Gasteiger partial charge in [0.1, 0.15) is 24.3 Å². The third-order valence-electron chi connectivity index (χ3n) is 3.29. The third-order valence-corrected chi connectivity index (χ3v) is 3.53. The number of rotatable bonds is 10. The van der Waals surface area contributed by atoms with Gasteiger partial charge < -0.3 is 15.4 Å². The van der Waals surface area contributed by atoms with Crippen LogP contribution in [-0.2, 0) is 16.0 Å². The van der Waals surface area contributed by atoms with Crippen LogP contribution >= 0.6 is 11.6 Å². The summed E-state index contributed by atoms with van der Waals surface area (Å²) in [5.41, 5.74) is 0.897. The number of ether oxygens (including phenoxy) is 1. The van der Waals surface area contributed by atoms with Gasteiger partial charge in [-0.25, -0.2) is 0 Å². The molecule has 0 aliphatic heterocycles. The van der Waals surface area contributed by atoms with Gasteiger partial charge in [0.15, 0.2) is 0 Å². The summed E-state index contributed by atoms with van der Waals surface area (Å²) in [6.07, 6.45) is 7.39. The molecule has 24 heavy (non-hydrogen) atoms. The van der Waals surface area contributed by atoms with Gasteiger partial charge in [-0.05, 0) is 24.1 Å². The van der Waals surface area contributed by atoms with Gasteiger partial charge in [-0.1, -0.05) is 31.4 Å². The summed E-state index contributed by atoms with van der Waals surface area (Å²) in [6, 6.07) is 6.57. The lowest BCUT2D eigenvalue weighted by molar-refractivity contribution is -0.127. The molecule has 2 amide bonds. The maximum absolute atomic E-state index is 12.3. The Kier molecular flexibility index (Phi) is 9.40. The van der Waals surface area contributed by atoms with Gasteiger partial charge in [-0.15, -0.1) is 18.0 Å². The number of carbonyl (C=O) groups excluding carboxylic acids is 2. The first kappa shape index (κ1) is 19.9. The minimum Gasteiger partial charge on any atom is -0.481 e. The number of carbonyl (C=O) groups is 2. The van der Waals surface area contributed by atoms with E-state index in [9.17, 15) is 9.59 Å². The van der Waals surface area contributed by atoms with Crippen molar-refractivity contribution in [1.29, 1.82) is 0 Å². The Morgan fingerprint density at radius 1 is 1.33 bits per heavy atom. The number of terminal acetylenes is 1. The smallest absolute Gasteiger partial charge is 0.242 e. The first-order valence-corrected chi connectivity index (χ1v) is 8.42. The zero-order valence-electron chi connectivity index (χ0n) is 13.8. The Labute approximate surface area is 148 Å². The first-order valence-electron chi connectivity index (χ1n) is 7.89. The van der Waals surface area contributed by atoms with Gasteiger partial charge in [0.25, 0.3) is 0 Å². The minimum absolute atomic E-state index is 0.183. The predicted molar refractivity (Wildman–Crippen MR) is 95.0 cm³/mol. The second kappa shape index (κ2) is 11.4. The van der Waals surface area contributed by atoms with Crippen molar-refractivity contribution in [3.05, 3.63) is 29.8 Å². The van der Waals surface area contributed by atoms with Crippen LogP contribution in [0.5, 0.6) is 5.75 Å².